The molecule has 0 spiro atoms. The first-order chi connectivity index (χ1) is 14.0. The highest BCUT2D eigenvalue weighted by molar-refractivity contribution is 7.80. The third-order valence-electron chi connectivity index (χ3n) is 5.04. The summed E-state index contributed by atoms with van der Waals surface area (Å²) in [5, 5.41) is 3.76. The second-order valence-electron chi connectivity index (χ2n) is 7.04. The molecule has 146 valence electrons. The molecule has 3 aromatic rings. The van der Waals surface area contributed by atoms with Gasteiger partial charge in [-0.3, -0.25) is 19.8 Å². The minimum Gasteiger partial charge on any atom is -0.347 e. The van der Waals surface area contributed by atoms with Crippen LogP contribution in [0.25, 0.3) is 17.0 Å². The number of thiocarbonyl (C=S) groups is 1. The smallest absolute Gasteiger partial charge is 0.270 e. The topological polar surface area (TPSA) is 54.3 Å². The van der Waals surface area contributed by atoms with E-state index in [-0.39, 0.29) is 10.7 Å². The van der Waals surface area contributed by atoms with Crippen molar-refractivity contribution in [3.8, 4) is 0 Å². The summed E-state index contributed by atoms with van der Waals surface area (Å²) in [6.45, 7) is 4.89. The first-order valence-electron chi connectivity index (χ1n) is 9.56. The Morgan fingerprint density at radius 1 is 1.07 bits per heavy atom. The molecule has 5 nitrogen and oxygen atoms in total. The van der Waals surface area contributed by atoms with Gasteiger partial charge in [-0.2, -0.15) is 0 Å². The molecule has 2 amide bonds. The molecule has 1 aromatic heterocycles. The number of fused-ring (bicyclic) bond motifs is 1. The van der Waals surface area contributed by atoms with Gasteiger partial charge in [0, 0.05) is 29.2 Å². The van der Waals surface area contributed by atoms with Crippen LogP contribution in [0.1, 0.15) is 24.5 Å². The molecule has 0 radical (unpaired) electrons. The predicted molar refractivity (Wildman–Crippen MR) is 120 cm³/mol. The van der Waals surface area contributed by atoms with Crippen molar-refractivity contribution in [1.29, 1.82) is 0 Å². The average molecular weight is 404 g/mol. The van der Waals surface area contributed by atoms with E-state index >= 15 is 0 Å². The summed E-state index contributed by atoms with van der Waals surface area (Å²) in [6, 6.07) is 15.5. The fraction of sp³-hybridized carbons (Fsp3) is 0.174. The lowest BCUT2D eigenvalue weighted by atomic mass is 10.1. The van der Waals surface area contributed by atoms with Crippen LogP contribution in [-0.2, 0) is 16.1 Å². The molecular weight excluding hydrogens is 382 g/mol. The fourth-order valence-corrected chi connectivity index (χ4v) is 3.94. The van der Waals surface area contributed by atoms with Gasteiger partial charge in [0.15, 0.2) is 5.11 Å². The first kappa shape index (κ1) is 19.1. The molecule has 2 aromatic carbocycles. The number of para-hydroxylation sites is 2. The quantitative estimate of drug-likeness (QED) is 0.404. The normalized spacial score (nSPS) is 16.0. The number of carbonyl (C=O) groups is 2. The van der Waals surface area contributed by atoms with Gasteiger partial charge in [-0.05, 0) is 49.3 Å². The summed E-state index contributed by atoms with van der Waals surface area (Å²) < 4.78 is 2.15. The molecule has 6 heteroatoms. The number of carbonyl (C=O) groups excluding carboxylic acids is 2. The Kier molecular flexibility index (Phi) is 5.03. The van der Waals surface area contributed by atoms with Crippen LogP contribution in [-0.4, -0.2) is 21.5 Å². The molecule has 1 N–H and O–H groups in total. The van der Waals surface area contributed by atoms with Crippen molar-refractivity contribution in [2.75, 3.05) is 4.90 Å². The second kappa shape index (κ2) is 7.64. The van der Waals surface area contributed by atoms with Crippen molar-refractivity contribution < 1.29 is 9.59 Å². The molecule has 0 bridgehead atoms. The molecule has 2 heterocycles. The minimum atomic E-state index is -0.475. The highest BCUT2D eigenvalue weighted by Crippen LogP contribution is 2.28. The van der Waals surface area contributed by atoms with E-state index < -0.39 is 11.8 Å². The van der Waals surface area contributed by atoms with Crippen LogP contribution >= 0.6 is 12.2 Å². The van der Waals surface area contributed by atoms with Gasteiger partial charge in [-0.15, -0.1) is 0 Å². The maximum Gasteiger partial charge on any atom is 0.270 e. The lowest BCUT2D eigenvalue weighted by Crippen LogP contribution is -2.54. The van der Waals surface area contributed by atoms with Gasteiger partial charge < -0.3 is 4.57 Å². The van der Waals surface area contributed by atoms with Crippen molar-refractivity contribution >= 4 is 51.8 Å². The van der Waals surface area contributed by atoms with E-state index in [2.05, 4.69) is 16.8 Å². The van der Waals surface area contributed by atoms with E-state index in [0.717, 1.165) is 35.0 Å². The Morgan fingerprint density at radius 2 is 1.79 bits per heavy atom. The lowest BCUT2D eigenvalue weighted by Gasteiger charge is -2.29. The summed E-state index contributed by atoms with van der Waals surface area (Å²) in [4.78, 5) is 27.3. The third kappa shape index (κ3) is 3.36. The highest BCUT2D eigenvalue weighted by atomic mass is 32.1. The number of aryl methyl sites for hydroxylation is 2. The Bertz CT molecular complexity index is 1180. The average Bonchev–Trinajstić information content (AvgIpc) is 3.04. The van der Waals surface area contributed by atoms with E-state index in [1.165, 1.54) is 4.90 Å². The summed E-state index contributed by atoms with van der Waals surface area (Å²) >= 11 is 5.30. The van der Waals surface area contributed by atoms with Crippen LogP contribution in [0.3, 0.4) is 0 Å². The highest BCUT2D eigenvalue weighted by Gasteiger charge is 2.35. The zero-order valence-electron chi connectivity index (χ0n) is 16.3. The standard InChI is InChI=1S/C23H21N3O2S/c1-3-12-25-14-16(17-9-5-7-11-20(17)25)13-18-21(27)24-23(29)26(22(18)28)19-10-6-4-8-15(19)2/h4-11,13-14H,3,12H2,1-2H3,(H,24,27,29). The first-order valence-corrected chi connectivity index (χ1v) is 9.97. The van der Waals surface area contributed by atoms with E-state index in [1.54, 1.807) is 6.08 Å². The van der Waals surface area contributed by atoms with Gasteiger partial charge >= 0.3 is 0 Å². The lowest BCUT2D eigenvalue weighted by molar-refractivity contribution is -0.122. The van der Waals surface area contributed by atoms with Crippen molar-refractivity contribution in [3.05, 3.63) is 71.4 Å². The van der Waals surface area contributed by atoms with Gasteiger partial charge in [0.05, 0.1) is 5.69 Å². The number of benzene rings is 2. The monoisotopic (exact) mass is 403 g/mol. The molecule has 0 atom stereocenters. The maximum absolute atomic E-state index is 13.3. The fourth-order valence-electron chi connectivity index (χ4n) is 3.66. The number of nitrogens with one attached hydrogen (secondary N) is 1. The number of anilines is 1. The number of hydrogen-bond acceptors (Lipinski definition) is 3. The molecule has 1 fully saturated rings. The van der Waals surface area contributed by atoms with Gasteiger partial charge in [0.25, 0.3) is 11.8 Å². The zero-order chi connectivity index (χ0) is 20.5. The number of amides is 2. The minimum absolute atomic E-state index is 0.0706. The SMILES string of the molecule is CCCn1cc(C=C2C(=O)NC(=S)N(c3ccccc3C)C2=O)c2ccccc21. The molecule has 0 aliphatic carbocycles. The summed E-state index contributed by atoms with van der Waals surface area (Å²) in [6.07, 6.45) is 4.65. The Hall–Kier alpha value is -3.25. The largest absolute Gasteiger partial charge is 0.347 e. The maximum atomic E-state index is 13.3. The molecule has 1 aliphatic heterocycles. The van der Waals surface area contributed by atoms with Crippen molar-refractivity contribution in [2.45, 2.75) is 26.8 Å². The Morgan fingerprint density at radius 3 is 2.55 bits per heavy atom. The van der Waals surface area contributed by atoms with Crippen LogP contribution in [0.2, 0.25) is 0 Å². The van der Waals surface area contributed by atoms with E-state index in [0.29, 0.717) is 5.69 Å². The van der Waals surface area contributed by atoms with Crippen LogP contribution in [0.15, 0.2) is 60.3 Å². The summed E-state index contributed by atoms with van der Waals surface area (Å²) in [7, 11) is 0. The van der Waals surface area contributed by atoms with Gasteiger partial charge in [-0.25, -0.2) is 0 Å². The third-order valence-corrected chi connectivity index (χ3v) is 5.33. The van der Waals surface area contributed by atoms with E-state index in [4.69, 9.17) is 12.2 Å². The zero-order valence-corrected chi connectivity index (χ0v) is 17.1. The second-order valence-corrected chi connectivity index (χ2v) is 7.43. The van der Waals surface area contributed by atoms with Crippen LogP contribution in [0.4, 0.5) is 5.69 Å². The van der Waals surface area contributed by atoms with E-state index in [1.807, 2.05) is 61.7 Å². The predicted octanol–water partition coefficient (Wildman–Crippen LogP) is 4.19. The van der Waals surface area contributed by atoms with Gasteiger partial charge in [-0.1, -0.05) is 43.3 Å². The van der Waals surface area contributed by atoms with Crippen molar-refractivity contribution in [3.63, 3.8) is 0 Å². The number of hydrogen-bond donors (Lipinski definition) is 1. The number of rotatable bonds is 4. The Labute approximate surface area is 174 Å². The molecule has 1 saturated heterocycles. The number of nitrogens with zero attached hydrogens (tertiary/aromatic N) is 2. The van der Waals surface area contributed by atoms with E-state index in [9.17, 15) is 9.59 Å². The van der Waals surface area contributed by atoms with Gasteiger partial charge in [0.2, 0.25) is 0 Å². The number of aromatic nitrogens is 1. The van der Waals surface area contributed by atoms with Gasteiger partial charge in [0.1, 0.15) is 5.57 Å². The molecule has 4 rings (SSSR count). The molecule has 29 heavy (non-hydrogen) atoms. The molecule has 1 aliphatic rings. The van der Waals surface area contributed by atoms with Crippen LogP contribution in [0.5, 0.6) is 0 Å². The van der Waals surface area contributed by atoms with Crippen LogP contribution in [0, 0.1) is 6.92 Å². The molecule has 0 unspecified atom stereocenters. The van der Waals surface area contributed by atoms with Crippen molar-refractivity contribution in [1.82, 2.24) is 9.88 Å². The summed E-state index contributed by atoms with van der Waals surface area (Å²) in [5.41, 5.74) is 3.56. The Balaban J connectivity index is 1.82. The molecular formula is C23H21N3O2S. The van der Waals surface area contributed by atoms with Crippen molar-refractivity contribution in [2.24, 2.45) is 0 Å². The van der Waals surface area contributed by atoms with Crippen LogP contribution < -0.4 is 10.2 Å². The molecule has 0 saturated carbocycles. The summed E-state index contributed by atoms with van der Waals surface area (Å²) in [5.74, 6) is -0.891.